The van der Waals surface area contributed by atoms with Gasteiger partial charge >= 0.3 is 0 Å². The van der Waals surface area contributed by atoms with Crippen LogP contribution in [0, 0.1) is 0 Å². The number of aromatic nitrogens is 3. The van der Waals surface area contributed by atoms with Crippen molar-refractivity contribution >= 4 is 56.6 Å². The number of aryl methyl sites for hydroxylation is 1. The number of para-hydroxylation sites is 1. The van der Waals surface area contributed by atoms with E-state index in [0.717, 1.165) is 36.4 Å². The Hall–Kier alpha value is -1.67. The molecule has 2 heterocycles. The SMILES string of the molecule is CCN(CC)CCN(C(=O)c1ccn(CC)n1)c1nc2c(Cl)cccc2s1.Cl. The van der Waals surface area contributed by atoms with E-state index in [1.54, 1.807) is 15.6 Å². The van der Waals surface area contributed by atoms with Crippen LogP contribution in [0.5, 0.6) is 0 Å². The molecule has 152 valence electrons. The number of hydrogen-bond acceptors (Lipinski definition) is 5. The number of likely N-dealkylation sites (N-methyl/N-ethyl adjacent to an activating group) is 1. The first-order valence-electron chi connectivity index (χ1n) is 9.20. The third kappa shape index (κ3) is 4.84. The number of anilines is 1. The quantitative estimate of drug-likeness (QED) is 0.513. The summed E-state index contributed by atoms with van der Waals surface area (Å²) in [6, 6.07) is 7.45. The maximum atomic E-state index is 13.2. The molecule has 3 rings (SSSR count). The van der Waals surface area contributed by atoms with E-state index in [0.29, 0.717) is 22.4 Å². The molecule has 0 bridgehead atoms. The van der Waals surface area contributed by atoms with Gasteiger partial charge in [-0.25, -0.2) is 4.98 Å². The molecule has 1 amide bonds. The summed E-state index contributed by atoms with van der Waals surface area (Å²) in [5.74, 6) is -0.135. The summed E-state index contributed by atoms with van der Waals surface area (Å²) < 4.78 is 2.72. The van der Waals surface area contributed by atoms with E-state index in [1.165, 1.54) is 11.3 Å². The molecule has 3 aromatic rings. The van der Waals surface area contributed by atoms with Crippen LogP contribution >= 0.6 is 35.3 Å². The Kier molecular flexibility index (Phi) is 8.24. The fourth-order valence-electron chi connectivity index (χ4n) is 2.87. The molecule has 0 radical (unpaired) electrons. The molecule has 9 heteroatoms. The summed E-state index contributed by atoms with van der Waals surface area (Å²) in [6.07, 6.45) is 1.82. The van der Waals surface area contributed by atoms with Crippen LogP contribution in [0.25, 0.3) is 10.2 Å². The molecule has 0 fully saturated rings. The molecule has 28 heavy (non-hydrogen) atoms. The fraction of sp³-hybridized carbons (Fsp3) is 0.421. The number of nitrogens with zero attached hydrogens (tertiary/aromatic N) is 5. The number of carbonyl (C=O) groups excluding carboxylic acids is 1. The van der Waals surface area contributed by atoms with Crippen LogP contribution in [-0.4, -0.2) is 51.8 Å². The maximum absolute atomic E-state index is 13.2. The molecule has 0 saturated heterocycles. The fourth-order valence-corrected chi connectivity index (χ4v) is 4.16. The van der Waals surface area contributed by atoms with Crippen molar-refractivity contribution in [2.24, 2.45) is 0 Å². The highest BCUT2D eigenvalue weighted by Gasteiger charge is 2.24. The number of halogens is 2. The van der Waals surface area contributed by atoms with Crippen molar-refractivity contribution in [3.8, 4) is 0 Å². The molecule has 0 aliphatic carbocycles. The molecule has 6 nitrogen and oxygen atoms in total. The molecule has 0 unspecified atom stereocenters. The van der Waals surface area contributed by atoms with E-state index in [9.17, 15) is 4.79 Å². The Morgan fingerprint density at radius 1 is 1.18 bits per heavy atom. The lowest BCUT2D eigenvalue weighted by Crippen LogP contribution is -2.39. The zero-order valence-corrected chi connectivity index (χ0v) is 18.6. The van der Waals surface area contributed by atoms with Crippen molar-refractivity contribution in [3.63, 3.8) is 0 Å². The Balaban J connectivity index is 0.00000280. The highest BCUT2D eigenvalue weighted by atomic mass is 35.5. The Morgan fingerprint density at radius 3 is 2.54 bits per heavy atom. The van der Waals surface area contributed by atoms with E-state index < -0.39 is 0 Å². The summed E-state index contributed by atoms with van der Waals surface area (Å²) in [7, 11) is 0. The molecular weight excluding hydrogens is 417 g/mol. The van der Waals surface area contributed by atoms with Crippen LogP contribution < -0.4 is 4.90 Å². The Bertz CT molecular complexity index is 922. The van der Waals surface area contributed by atoms with Crippen molar-refractivity contribution in [2.75, 3.05) is 31.1 Å². The molecule has 0 aliphatic heterocycles. The van der Waals surface area contributed by atoms with E-state index in [-0.39, 0.29) is 18.3 Å². The standard InChI is InChI=1S/C19H24ClN5OS.ClH/c1-4-23(5-2)12-13-25(18(26)15-10-11-24(6-3)22-15)19-21-17-14(20)8-7-9-16(17)27-19;/h7-11H,4-6,12-13H2,1-3H3;1H. The van der Waals surface area contributed by atoms with Gasteiger partial charge in [-0.3, -0.25) is 14.4 Å². The monoisotopic (exact) mass is 441 g/mol. The molecule has 0 spiro atoms. The minimum absolute atomic E-state index is 0. The van der Waals surface area contributed by atoms with Crippen LogP contribution in [0.2, 0.25) is 5.02 Å². The first-order valence-corrected chi connectivity index (χ1v) is 10.4. The third-order valence-electron chi connectivity index (χ3n) is 4.55. The lowest BCUT2D eigenvalue weighted by atomic mass is 10.3. The van der Waals surface area contributed by atoms with Gasteiger partial charge < -0.3 is 4.90 Å². The third-order valence-corrected chi connectivity index (χ3v) is 5.90. The molecular formula is C19H25Cl2N5OS. The predicted molar refractivity (Wildman–Crippen MR) is 119 cm³/mol. The first kappa shape index (κ1) is 22.6. The van der Waals surface area contributed by atoms with Gasteiger partial charge in [-0.15, -0.1) is 12.4 Å². The summed E-state index contributed by atoms with van der Waals surface area (Å²) in [6.45, 7) is 10.2. The number of hydrogen-bond donors (Lipinski definition) is 0. The average Bonchev–Trinajstić information content (AvgIpc) is 3.32. The highest BCUT2D eigenvalue weighted by molar-refractivity contribution is 7.22. The van der Waals surface area contributed by atoms with Gasteiger partial charge in [-0.2, -0.15) is 5.10 Å². The van der Waals surface area contributed by atoms with Crippen LogP contribution in [0.15, 0.2) is 30.5 Å². The second kappa shape index (κ2) is 10.2. The summed E-state index contributed by atoms with van der Waals surface area (Å²) >= 11 is 7.76. The average molecular weight is 442 g/mol. The van der Waals surface area contributed by atoms with Crippen LogP contribution in [-0.2, 0) is 6.54 Å². The van der Waals surface area contributed by atoms with Crippen LogP contribution in [0.1, 0.15) is 31.3 Å². The maximum Gasteiger partial charge on any atom is 0.280 e. The van der Waals surface area contributed by atoms with E-state index in [4.69, 9.17) is 11.6 Å². The normalized spacial score (nSPS) is 11.0. The Morgan fingerprint density at radius 2 is 1.93 bits per heavy atom. The molecule has 0 saturated carbocycles. The van der Waals surface area contributed by atoms with Gasteiger partial charge in [0, 0.05) is 25.8 Å². The molecule has 0 N–H and O–H groups in total. The lowest BCUT2D eigenvalue weighted by molar-refractivity contribution is 0.0978. The second-order valence-electron chi connectivity index (χ2n) is 6.12. The summed E-state index contributed by atoms with van der Waals surface area (Å²) in [5, 5.41) is 5.63. The Labute approximate surface area is 180 Å². The van der Waals surface area contributed by atoms with Gasteiger partial charge in [0.15, 0.2) is 10.8 Å². The number of carbonyl (C=O) groups is 1. The van der Waals surface area contributed by atoms with Crippen molar-refractivity contribution < 1.29 is 4.79 Å². The molecule has 0 atom stereocenters. The van der Waals surface area contributed by atoms with Gasteiger partial charge in [-0.1, -0.05) is 42.9 Å². The van der Waals surface area contributed by atoms with E-state index >= 15 is 0 Å². The highest BCUT2D eigenvalue weighted by Crippen LogP contribution is 2.33. The molecule has 1 aromatic carbocycles. The summed E-state index contributed by atoms with van der Waals surface area (Å²) in [5.41, 5.74) is 1.17. The van der Waals surface area contributed by atoms with Crippen molar-refractivity contribution in [2.45, 2.75) is 27.3 Å². The van der Waals surface area contributed by atoms with Crippen LogP contribution in [0.3, 0.4) is 0 Å². The van der Waals surface area contributed by atoms with Gasteiger partial charge in [0.05, 0.1) is 9.72 Å². The number of fused-ring (bicyclic) bond motifs is 1. The van der Waals surface area contributed by atoms with Gasteiger partial charge in [0.25, 0.3) is 5.91 Å². The van der Waals surface area contributed by atoms with Gasteiger partial charge in [-0.05, 0) is 38.2 Å². The van der Waals surface area contributed by atoms with Gasteiger partial charge in [0.1, 0.15) is 5.52 Å². The van der Waals surface area contributed by atoms with Crippen LogP contribution in [0.4, 0.5) is 5.13 Å². The lowest BCUT2D eigenvalue weighted by Gasteiger charge is -2.24. The van der Waals surface area contributed by atoms with E-state index in [1.807, 2.05) is 31.3 Å². The topological polar surface area (TPSA) is 54.3 Å². The second-order valence-corrected chi connectivity index (χ2v) is 7.54. The number of benzene rings is 1. The smallest absolute Gasteiger partial charge is 0.280 e. The molecule has 2 aromatic heterocycles. The number of amides is 1. The zero-order valence-electron chi connectivity index (χ0n) is 16.3. The number of thiazole rings is 1. The minimum atomic E-state index is -0.135. The number of rotatable bonds is 8. The summed E-state index contributed by atoms with van der Waals surface area (Å²) in [4.78, 5) is 21.9. The largest absolute Gasteiger partial charge is 0.302 e. The van der Waals surface area contributed by atoms with Crippen molar-refractivity contribution in [1.29, 1.82) is 0 Å². The van der Waals surface area contributed by atoms with E-state index in [2.05, 4.69) is 28.8 Å². The predicted octanol–water partition coefficient (Wildman–Crippen LogP) is 4.58. The van der Waals surface area contributed by atoms with Gasteiger partial charge in [0.2, 0.25) is 0 Å². The van der Waals surface area contributed by atoms with Crippen molar-refractivity contribution in [1.82, 2.24) is 19.7 Å². The van der Waals surface area contributed by atoms with Crippen molar-refractivity contribution in [3.05, 3.63) is 41.2 Å². The first-order chi connectivity index (χ1) is 13.1. The zero-order chi connectivity index (χ0) is 19.4. The molecule has 0 aliphatic rings. The minimum Gasteiger partial charge on any atom is -0.302 e.